The minimum absolute atomic E-state index is 0.0137. The molecule has 74 valence electrons. The number of hydrogen-bond donors (Lipinski definition) is 0. The topological polar surface area (TPSA) is 34.1 Å². The molecule has 0 bridgehead atoms. The van der Waals surface area contributed by atoms with E-state index in [0.717, 1.165) is 0 Å². The zero-order valence-corrected chi connectivity index (χ0v) is 8.72. The van der Waals surface area contributed by atoms with E-state index < -0.39 is 5.41 Å². The molecular formula is C11H18O2. The second-order valence-electron chi connectivity index (χ2n) is 4.22. The smallest absolute Gasteiger partial charge is 0.145 e. The first-order valence-corrected chi connectivity index (χ1v) is 4.54. The molecule has 0 heterocycles. The zero-order chi connectivity index (χ0) is 10.5. The Labute approximate surface area is 80.0 Å². The standard InChI is InChI=1S/C11H18O2/c1-5-6-7-9(12)8-10(13)11(2,3)4/h5H,1,6-8H2,2-4H3. The first-order chi connectivity index (χ1) is 5.88. The number of hydrogen-bond acceptors (Lipinski definition) is 2. The Morgan fingerprint density at radius 2 is 1.85 bits per heavy atom. The van der Waals surface area contributed by atoms with Crippen LogP contribution >= 0.6 is 0 Å². The number of Topliss-reactive ketones (excluding diaryl/α,β-unsaturated/α-hetero) is 2. The monoisotopic (exact) mass is 182 g/mol. The molecular weight excluding hydrogens is 164 g/mol. The summed E-state index contributed by atoms with van der Waals surface area (Å²) in [6, 6.07) is 0. The van der Waals surface area contributed by atoms with E-state index in [9.17, 15) is 9.59 Å². The molecule has 0 spiro atoms. The van der Waals surface area contributed by atoms with Crippen LogP contribution in [0.1, 0.15) is 40.0 Å². The molecule has 0 aromatic rings. The molecule has 0 rings (SSSR count). The van der Waals surface area contributed by atoms with Crippen molar-refractivity contribution < 1.29 is 9.59 Å². The van der Waals surface area contributed by atoms with Gasteiger partial charge in [0, 0.05) is 11.8 Å². The first-order valence-electron chi connectivity index (χ1n) is 4.54. The maximum absolute atomic E-state index is 11.4. The van der Waals surface area contributed by atoms with Crippen LogP contribution in [-0.4, -0.2) is 11.6 Å². The van der Waals surface area contributed by atoms with Gasteiger partial charge in [0.2, 0.25) is 0 Å². The molecule has 0 saturated heterocycles. The minimum Gasteiger partial charge on any atom is -0.299 e. The Balaban J connectivity index is 3.93. The largest absolute Gasteiger partial charge is 0.299 e. The van der Waals surface area contributed by atoms with Crippen LogP contribution in [0.2, 0.25) is 0 Å². The Kier molecular flexibility index (Phi) is 4.60. The molecule has 0 aliphatic rings. The molecule has 0 saturated carbocycles. The highest BCUT2D eigenvalue weighted by molar-refractivity contribution is 6.01. The van der Waals surface area contributed by atoms with Gasteiger partial charge in [-0.1, -0.05) is 26.8 Å². The van der Waals surface area contributed by atoms with Crippen LogP contribution in [0.5, 0.6) is 0 Å². The lowest BCUT2D eigenvalue weighted by Gasteiger charge is -2.15. The van der Waals surface area contributed by atoms with Crippen LogP contribution < -0.4 is 0 Å². The number of allylic oxidation sites excluding steroid dienone is 1. The highest BCUT2D eigenvalue weighted by Crippen LogP contribution is 2.17. The lowest BCUT2D eigenvalue weighted by atomic mass is 9.87. The van der Waals surface area contributed by atoms with Gasteiger partial charge in [0.1, 0.15) is 11.6 Å². The zero-order valence-electron chi connectivity index (χ0n) is 8.72. The van der Waals surface area contributed by atoms with Crippen molar-refractivity contribution in [3.63, 3.8) is 0 Å². The second kappa shape index (κ2) is 4.95. The third kappa shape index (κ3) is 5.34. The fraction of sp³-hybridized carbons (Fsp3) is 0.636. The van der Waals surface area contributed by atoms with E-state index in [1.807, 2.05) is 20.8 Å². The predicted molar refractivity (Wildman–Crippen MR) is 53.5 cm³/mol. The lowest BCUT2D eigenvalue weighted by molar-refractivity contribution is -0.131. The number of rotatable bonds is 5. The Morgan fingerprint density at radius 1 is 1.31 bits per heavy atom. The van der Waals surface area contributed by atoms with Crippen molar-refractivity contribution in [3.8, 4) is 0 Å². The highest BCUT2D eigenvalue weighted by Gasteiger charge is 2.22. The van der Waals surface area contributed by atoms with Gasteiger partial charge in [-0.3, -0.25) is 9.59 Å². The van der Waals surface area contributed by atoms with Gasteiger partial charge < -0.3 is 0 Å². The van der Waals surface area contributed by atoms with Crippen molar-refractivity contribution in [3.05, 3.63) is 12.7 Å². The molecule has 0 radical (unpaired) electrons. The van der Waals surface area contributed by atoms with E-state index in [4.69, 9.17) is 0 Å². The van der Waals surface area contributed by atoms with Gasteiger partial charge in [0.25, 0.3) is 0 Å². The molecule has 0 aromatic heterocycles. The normalized spacial score (nSPS) is 11.0. The van der Waals surface area contributed by atoms with Gasteiger partial charge in [0.05, 0.1) is 6.42 Å². The first kappa shape index (κ1) is 12.1. The van der Waals surface area contributed by atoms with Crippen molar-refractivity contribution in [2.45, 2.75) is 40.0 Å². The van der Waals surface area contributed by atoms with Crippen molar-refractivity contribution >= 4 is 11.6 Å². The summed E-state index contributed by atoms with van der Waals surface area (Å²) in [7, 11) is 0. The van der Waals surface area contributed by atoms with Crippen molar-refractivity contribution in [2.75, 3.05) is 0 Å². The minimum atomic E-state index is -0.399. The van der Waals surface area contributed by atoms with E-state index in [0.29, 0.717) is 12.8 Å². The maximum Gasteiger partial charge on any atom is 0.145 e. The number of ketones is 2. The van der Waals surface area contributed by atoms with Crippen LogP contribution in [0.4, 0.5) is 0 Å². The number of carbonyl (C=O) groups excluding carboxylic acids is 2. The van der Waals surface area contributed by atoms with Crippen LogP contribution in [0.25, 0.3) is 0 Å². The van der Waals surface area contributed by atoms with Crippen molar-refractivity contribution in [1.29, 1.82) is 0 Å². The summed E-state index contributed by atoms with van der Waals surface area (Å²) < 4.78 is 0. The average molecular weight is 182 g/mol. The third-order valence-corrected chi connectivity index (χ3v) is 1.82. The summed E-state index contributed by atoms with van der Waals surface area (Å²) in [5.74, 6) is 0.0291. The summed E-state index contributed by atoms with van der Waals surface area (Å²) in [6.07, 6.45) is 2.86. The molecule has 0 fully saturated rings. The van der Waals surface area contributed by atoms with E-state index in [-0.39, 0.29) is 18.0 Å². The third-order valence-electron chi connectivity index (χ3n) is 1.82. The van der Waals surface area contributed by atoms with Crippen molar-refractivity contribution in [2.24, 2.45) is 5.41 Å². The quantitative estimate of drug-likeness (QED) is 0.483. The summed E-state index contributed by atoms with van der Waals surface area (Å²) in [4.78, 5) is 22.6. The van der Waals surface area contributed by atoms with E-state index in [1.165, 1.54) is 0 Å². The molecule has 2 nitrogen and oxygen atoms in total. The van der Waals surface area contributed by atoms with Crippen LogP contribution in [0, 0.1) is 5.41 Å². The predicted octanol–water partition coefficient (Wildman–Crippen LogP) is 2.53. The fourth-order valence-corrected chi connectivity index (χ4v) is 0.796. The Bertz CT molecular complexity index is 209. The Hall–Kier alpha value is -0.920. The average Bonchev–Trinajstić information content (AvgIpc) is 1.99. The molecule has 0 aromatic carbocycles. The molecule has 0 amide bonds. The fourth-order valence-electron chi connectivity index (χ4n) is 0.796. The van der Waals surface area contributed by atoms with Crippen LogP contribution in [0.3, 0.4) is 0 Å². The summed E-state index contributed by atoms with van der Waals surface area (Å²) in [5.41, 5.74) is -0.399. The Morgan fingerprint density at radius 3 is 2.23 bits per heavy atom. The molecule has 0 N–H and O–H groups in total. The SMILES string of the molecule is C=CCCC(=O)CC(=O)C(C)(C)C. The van der Waals surface area contributed by atoms with E-state index >= 15 is 0 Å². The molecule has 0 aliphatic carbocycles. The highest BCUT2D eigenvalue weighted by atomic mass is 16.1. The van der Waals surface area contributed by atoms with Gasteiger partial charge in [-0.2, -0.15) is 0 Å². The molecule has 13 heavy (non-hydrogen) atoms. The maximum atomic E-state index is 11.4. The van der Waals surface area contributed by atoms with E-state index in [1.54, 1.807) is 6.08 Å². The van der Waals surface area contributed by atoms with E-state index in [2.05, 4.69) is 6.58 Å². The summed E-state index contributed by atoms with van der Waals surface area (Å²) in [6.45, 7) is 9.01. The molecule has 2 heteroatoms. The second-order valence-corrected chi connectivity index (χ2v) is 4.22. The van der Waals surface area contributed by atoms with Gasteiger partial charge >= 0.3 is 0 Å². The van der Waals surface area contributed by atoms with Gasteiger partial charge in [-0.15, -0.1) is 6.58 Å². The number of carbonyl (C=O) groups is 2. The molecule has 0 atom stereocenters. The van der Waals surface area contributed by atoms with Crippen LogP contribution in [-0.2, 0) is 9.59 Å². The summed E-state index contributed by atoms with van der Waals surface area (Å²) in [5, 5.41) is 0. The van der Waals surface area contributed by atoms with Gasteiger partial charge in [0.15, 0.2) is 0 Å². The molecule has 0 aliphatic heterocycles. The van der Waals surface area contributed by atoms with Gasteiger partial charge in [-0.05, 0) is 6.42 Å². The van der Waals surface area contributed by atoms with Crippen LogP contribution in [0.15, 0.2) is 12.7 Å². The summed E-state index contributed by atoms with van der Waals surface area (Å²) >= 11 is 0. The van der Waals surface area contributed by atoms with Crippen molar-refractivity contribution in [1.82, 2.24) is 0 Å². The lowest BCUT2D eigenvalue weighted by Crippen LogP contribution is -2.22. The molecule has 0 unspecified atom stereocenters. The van der Waals surface area contributed by atoms with Gasteiger partial charge in [-0.25, -0.2) is 0 Å².